The molecule has 0 aliphatic carbocycles. The maximum atomic E-state index is 8.68. The Bertz CT molecular complexity index is 752. The molecule has 0 unspecified atom stereocenters. The van der Waals surface area contributed by atoms with Gasteiger partial charge in [0.2, 0.25) is 0 Å². The van der Waals surface area contributed by atoms with Crippen LogP contribution < -0.4 is 21.3 Å². The number of nitrogen functional groups attached to an aromatic ring is 1. The summed E-state index contributed by atoms with van der Waals surface area (Å²) in [5, 5.41) is 20.7. The molecule has 0 spiro atoms. The topological polar surface area (TPSA) is 87.7 Å². The first-order valence-electron chi connectivity index (χ1n) is 7.48. The number of rotatable bonds is 1. The van der Waals surface area contributed by atoms with Crippen molar-refractivity contribution in [1.29, 1.82) is 0 Å². The van der Waals surface area contributed by atoms with Gasteiger partial charge in [0.15, 0.2) is 11.5 Å². The number of nitrogens with one attached hydrogen (secondary N) is 1. The normalized spacial score (nSPS) is 10.9. The van der Waals surface area contributed by atoms with E-state index in [0.29, 0.717) is 11.2 Å². The van der Waals surface area contributed by atoms with E-state index in [0.717, 1.165) is 22.9 Å². The van der Waals surface area contributed by atoms with Crippen LogP contribution in [0.4, 0.5) is 17.1 Å². The molecule has 6 heteroatoms. The van der Waals surface area contributed by atoms with Crippen LogP contribution in [0.2, 0.25) is 0 Å². The van der Waals surface area contributed by atoms with Gasteiger partial charge in [-0.3, -0.25) is 0 Å². The number of hydrogen-bond donors (Lipinski definition) is 4. The van der Waals surface area contributed by atoms with E-state index in [4.69, 9.17) is 20.5 Å². The molecule has 0 saturated heterocycles. The van der Waals surface area contributed by atoms with E-state index in [1.807, 2.05) is 48.5 Å². The van der Waals surface area contributed by atoms with Gasteiger partial charge in [-0.15, -0.1) is 0 Å². The van der Waals surface area contributed by atoms with E-state index >= 15 is 0 Å². The monoisotopic (exact) mass is 320 g/mol. The lowest BCUT2D eigenvalue weighted by Crippen LogP contribution is -2.31. The molecule has 1 aliphatic heterocycles. The summed E-state index contributed by atoms with van der Waals surface area (Å²) in [6.07, 6.45) is 0. The number of nitrogens with two attached hydrogens (primary N) is 1. The molecule has 0 atom stereocenters. The molecule has 0 bridgehead atoms. The summed E-state index contributed by atoms with van der Waals surface area (Å²) in [6, 6.07) is 22.5. The number of anilines is 3. The van der Waals surface area contributed by atoms with Crippen molar-refractivity contribution in [2.45, 2.75) is 0 Å². The molecule has 0 fully saturated rings. The molecular weight excluding hydrogens is 303 g/mol. The summed E-state index contributed by atoms with van der Waals surface area (Å²) < 4.78 is 5.71. The van der Waals surface area contributed by atoms with Crippen LogP contribution in [0.15, 0.2) is 72.8 Å². The molecule has 3 aromatic rings. The lowest BCUT2D eigenvalue weighted by Gasteiger charge is -2.20. The van der Waals surface area contributed by atoms with Gasteiger partial charge >= 0.3 is 7.12 Å². The molecule has 3 aromatic carbocycles. The van der Waals surface area contributed by atoms with E-state index in [-0.39, 0.29) is 0 Å². The SMILES string of the molecule is Nc1ccccc1B(O)O.c1ccc2c(c1)Nc1ccccc1O2. The van der Waals surface area contributed by atoms with Crippen molar-refractivity contribution in [3.63, 3.8) is 0 Å². The van der Waals surface area contributed by atoms with Gasteiger partial charge < -0.3 is 25.8 Å². The Kier molecular flexibility index (Phi) is 4.70. The Morgan fingerprint density at radius 1 is 0.750 bits per heavy atom. The van der Waals surface area contributed by atoms with Crippen molar-refractivity contribution < 1.29 is 14.8 Å². The van der Waals surface area contributed by atoms with Gasteiger partial charge in [-0.25, -0.2) is 0 Å². The molecule has 0 radical (unpaired) electrons. The summed E-state index contributed by atoms with van der Waals surface area (Å²) >= 11 is 0. The van der Waals surface area contributed by atoms with E-state index in [9.17, 15) is 0 Å². The second-order valence-corrected chi connectivity index (χ2v) is 5.22. The molecule has 5 nitrogen and oxygen atoms in total. The Morgan fingerprint density at radius 2 is 1.25 bits per heavy atom. The molecule has 120 valence electrons. The highest BCUT2D eigenvalue weighted by Gasteiger charge is 2.14. The van der Waals surface area contributed by atoms with Gasteiger partial charge in [-0.1, -0.05) is 42.5 Å². The highest BCUT2D eigenvalue weighted by atomic mass is 16.5. The average molecular weight is 320 g/mol. The molecule has 0 saturated carbocycles. The van der Waals surface area contributed by atoms with E-state index in [2.05, 4.69) is 5.32 Å². The standard InChI is InChI=1S/C12H9NO.C6H8BNO2/c1-3-7-11-9(5-1)13-10-6-2-4-8-12(10)14-11;8-6-4-2-1-3-5(6)7(9)10/h1-8,13H;1-4,9-10H,8H2. The zero-order valence-corrected chi connectivity index (χ0v) is 12.9. The van der Waals surface area contributed by atoms with Gasteiger partial charge in [0.1, 0.15) is 0 Å². The zero-order valence-electron chi connectivity index (χ0n) is 12.9. The van der Waals surface area contributed by atoms with Crippen LogP contribution in [0.25, 0.3) is 0 Å². The fourth-order valence-electron chi connectivity index (χ4n) is 2.33. The highest BCUT2D eigenvalue weighted by Crippen LogP contribution is 2.40. The molecule has 4 rings (SSSR count). The molecule has 0 amide bonds. The number of para-hydroxylation sites is 5. The molecule has 0 aromatic heterocycles. The first-order chi connectivity index (χ1) is 11.6. The predicted molar refractivity (Wildman–Crippen MR) is 96.9 cm³/mol. The van der Waals surface area contributed by atoms with Crippen molar-refractivity contribution in [2.24, 2.45) is 0 Å². The Hall–Kier alpha value is -2.96. The van der Waals surface area contributed by atoms with Crippen molar-refractivity contribution >= 4 is 29.6 Å². The Labute approximate surface area is 140 Å². The third kappa shape index (κ3) is 3.51. The van der Waals surface area contributed by atoms with E-state index < -0.39 is 7.12 Å². The first-order valence-corrected chi connectivity index (χ1v) is 7.48. The number of ether oxygens (including phenoxy) is 1. The van der Waals surface area contributed by atoms with Crippen LogP contribution in [0.3, 0.4) is 0 Å². The fraction of sp³-hybridized carbons (Fsp3) is 0. The molecule has 5 N–H and O–H groups in total. The summed E-state index contributed by atoms with van der Waals surface area (Å²) in [4.78, 5) is 0. The molecule has 24 heavy (non-hydrogen) atoms. The van der Waals surface area contributed by atoms with Crippen LogP contribution in [0, 0.1) is 0 Å². The quantitative estimate of drug-likeness (QED) is 0.320. The van der Waals surface area contributed by atoms with E-state index in [1.165, 1.54) is 0 Å². The van der Waals surface area contributed by atoms with Gasteiger partial charge in [0.05, 0.1) is 11.4 Å². The maximum Gasteiger partial charge on any atom is 0.490 e. The van der Waals surface area contributed by atoms with Gasteiger partial charge in [0, 0.05) is 11.2 Å². The number of benzene rings is 3. The van der Waals surface area contributed by atoms with Gasteiger partial charge in [-0.2, -0.15) is 0 Å². The average Bonchev–Trinajstić information content (AvgIpc) is 2.60. The van der Waals surface area contributed by atoms with Crippen LogP contribution in [-0.4, -0.2) is 17.2 Å². The molecular formula is C18H17BN2O3. The largest absolute Gasteiger partial charge is 0.490 e. The third-order valence-electron chi connectivity index (χ3n) is 3.54. The number of hydrogen-bond acceptors (Lipinski definition) is 5. The van der Waals surface area contributed by atoms with Gasteiger partial charge in [-0.05, 0) is 30.3 Å². The molecule has 1 aliphatic rings. The highest BCUT2D eigenvalue weighted by molar-refractivity contribution is 6.60. The second kappa shape index (κ2) is 7.08. The van der Waals surface area contributed by atoms with E-state index in [1.54, 1.807) is 24.3 Å². The lowest BCUT2D eigenvalue weighted by molar-refractivity contribution is 0.426. The maximum absolute atomic E-state index is 8.68. The zero-order chi connectivity index (χ0) is 16.9. The Balaban J connectivity index is 0.000000150. The summed E-state index contributed by atoms with van der Waals surface area (Å²) in [6.45, 7) is 0. The fourth-order valence-corrected chi connectivity index (χ4v) is 2.33. The predicted octanol–water partition coefficient (Wildman–Crippen LogP) is 2.48. The third-order valence-corrected chi connectivity index (χ3v) is 3.54. The van der Waals surface area contributed by atoms with Crippen molar-refractivity contribution in [3.8, 4) is 11.5 Å². The second-order valence-electron chi connectivity index (χ2n) is 5.22. The summed E-state index contributed by atoms with van der Waals surface area (Å²) in [7, 11) is -1.47. The van der Waals surface area contributed by atoms with Crippen molar-refractivity contribution in [3.05, 3.63) is 72.8 Å². The summed E-state index contributed by atoms with van der Waals surface area (Å²) in [5.74, 6) is 1.76. The minimum atomic E-state index is -1.47. The Morgan fingerprint density at radius 3 is 1.75 bits per heavy atom. The first kappa shape index (κ1) is 15.9. The minimum Gasteiger partial charge on any atom is -0.453 e. The minimum absolute atomic E-state index is 0.350. The van der Waals surface area contributed by atoms with Crippen LogP contribution in [0.1, 0.15) is 0 Å². The van der Waals surface area contributed by atoms with Crippen LogP contribution in [0.5, 0.6) is 11.5 Å². The number of fused-ring (bicyclic) bond motifs is 2. The summed E-state index contributed by atoms with van der Waals surface area (Å²) in [5.41, 5.74) is 8.19. The lowest BCUT2D eigenvalue weighted by atomic mass is 9.79. The smallest absolute Gasteiger partial charge is 0.453 e. The van der Waals surface area contributed by atoms with Crippen LogP contribution >= 0.6 is 0 Å². The van der Waals surface area contributed by atoms with Crippen molar-refractivity contribution in [2.75, 3.05) is 11.1 Å². The van der Waals surface area contributed by atoms with Crippen LogP contribution in [-0.2, 0) is 0 Å². The van der Waals surface area contributed by atoms with Gasteiger partial charge in [0.25, 0.3) is 0 Å². The van der Waals surface area contributed by atoms with Crippen molar-refractivity contribution in [1.82, 2.24) is 0 Å². The molecule has 1 heterocycles.